The van der Waals surface area contributed by atoms with E-state index in [4.69, 9.17) is 11.6 Å². The van der Waals surface area contributed by atoms with Crippen LogP contribution in [0.5, 0.6) is 0 Å². The minimum Gasteiger partial charge on any atom is -0.310 e. The van der Waals surface area contributed by atoms with Crippen molar-refractivity contribution in [2.75, 3.05) is 11.4 Å². The van der Waals surface area contributed by atoms with Gasteiger partial charge in [0, 0.05) is 17.3 Å². The van der Waals surface area contributed by atoms with Crippen molar-refractivity contribution in [1.29, 1.82) is 0 Å². The first-order chi connectivity index (χ1) is 8.11. The van der Waals surface area contributed by atoms with Gasteiger partial charge in [-0.3, -0.25) is 4.79 Å². The SMILES string of the molecule is Cc1cc(Cl)ccc1N1CC(N=C=O)CC1=O. The first-order valence-electron chi connectivity index (χ1n) is 5.25. The lowest BCUT2D eigenvalue weighted by Crippen LogP contribution is -2.25. The summed E-state index contributed by atoms with van der Waals surface area (Å²) in [5, 5.41) is 0.639. The maximum absolute atomic E-state index is 11.8. The molecule has 0 aliphatic carbocycles. The molecule has 0 radical (unpaired) electrons. The van der Waals surface area contributed by atoms with E-state index in [9.17, 15) is 9.59 Å². The van der Waals surface area contributed by atoms with E-state index < -0.39 is 0 Å². The van der Waals surface area contributed by atoms with Gasteiger partial charge in [-0.2, -0.15) is 0 Å². The smallest absolute Gasteiger partial charge is 0.235 e. The quantitative estimate of drug-likeness (QED) is 0.596. The topological polar surface area (TPSA) is 49.7 Å². The highest BCUT2D eigenvalue weighted by Gasteiger charge is 2.31. The molecule has 17 heavy (non-hydrogen) atoms. The summed E-state index contributed by atoms with van der Waals surface area (Å²) < 4.78 is 0. The molecule has 1 aromatic carbocycles. The number of aliphatic imine (C=N–C) groups is 1. The number of benzene rings is 1. The highest BCUT2D eigenvalue weighted by atomic mass is 35.5. The second-order valence-corrected chi connectivity index (χ2v) is 4.45. The number of carbonyl (C=O) groups is 1. The van der Waals surface area contributed by atoms with Gasteiger partial charge in [0.05, 0.1) is 12.5 Å². The lowest BCUT2D eigenvalue weighted by molar-refractivity contribution is -0.117. The second-order valence-electron chi connectivity index (χ2n) is 4.01. The predicted molar refractivity (Wildman–Crippen MR) is 65.1 cm³/mol. The fraction of sp³-hybridized carbons (Fsp3) is 0.333. The monoisotopic (exact) mass is 250 g/mol. The molecular weight excluding hydrogens is 240 g/mol. The average Bonchev–Trinajstić information content (AvgIpc) is 2.60. The Morgan fingerprint density at radius 2 is 2.29 bits per heavy atom. The lowest BCUT2D eigenvalue weighted by Gasteiger charge is -2.18. The Balaban J connectivity index is 2.28. The van der Waals surface area contributed by atoms with Crippen molar-refractivity contribution in [3.63, 3.8) is 0 Å². The Hall–Kier alpha value is -1.64. The molecule has 1 aliphatic rings. The van der Waals surface area contributed by atoms with Crippen LogP contribution in [0.15, 0.2) is 23.2 Å². The summed E-state index contributed by atoms with van der Waals surface area (Å²) in [5.41, 5.74) is 1.75. The van der Waals surface area contributed by atoms with E-state index in [1.54, 1.807) is 17.0 Å². The van der Waals surface area contributed by atoms with Crippen LogP contribution in [-0.2, 0) is 9.59 Å². The van der Waals surface area contributed by atoms with E-state index in [0.29, 0.717) is 11.6 Å². The molecule has 1 fully saturated rings. The van der Waals surface area contributed by atoms with Gasteiger partial charge >= 0.3 is 0 Å². The number of hydrogen-bond donors (Lipinski definition) is 0. The molecule has 0 bridgehead atoms. The average molecular weight is 251 g/mol. The molecule has 1 aliphatic heterocycles. The summed E-state index contributed by atoms with van der Waals surface area (Å²) in [5.74, 6) is -0.0283. The van der Waals surface area contributed by atoms with Crippen LogP contribution >= 0.6 is 11.6 Å². The number of halogens is 1. The van der Waals surface area contributed by atoms with Crippen molar-refractivity contribution in [2.45, 2.75) is 19.4 Å². The molecule has 1 unspecified atom stereocenters. The van der Waals surface area contributed by atoms with Crippen molar-refractivity contribution >= 4 is 29.3 Å². The molecule has 1 atom stereocenters. The number of rotatable bonds is 2. The third-order valence-corrected chi connectivity index (χ3v) is 3.02. The number of hydrogen-bond acceptors (Lipinski definition) is 3. The van der Waals surface area contributed by atoms with Gasteiger partial charge in [-0.25, -0.2) is 9.79 Å². The van der Waals surface area contributed by atoms with E-state index >= 15 is 0 Å². The van der Waals surface area contributed by atoms with Crippen LogP contribution in [0.25, 0.3) is 0 Å². The molecule has 1 aromatic rings. The van der Waals surface area contributed by atoms with Gasteiger partial charge in [-0.05, 0) is 30.7 Å². The van der Waals surface area contributed by atoms with E-state index in [2.05, 4.69) is 4.99 Å². The first-order valence-corrected chi connectivity index (χ1v) is 5.63. The van der Waals surface area contributed by atoms with Gasteiger partial charge in [-0.1, -0.05) is 11.6 Å². The largest absolute Gasteiger partial charge is 0.310 e. The maximum Gasteiger partial charge on any atom is 0.235 e. The van der Waals surface area contributed by atoms with Crippen LogP contribution in [0.4, 0.5) is 5.69 Å². The summed E-state index contributed by atoms with van der Waals surface area (Å²) in [6.07, 6.45) is 1.76. The number of amides is 1. The molecule has 88 valence electrons. The molecule has 2 rings (SSSR count). The number of nitrogens with zero attached hydrogens (tertiary/aromatic N) is 2. The predicted octanol–water partition coefficient (Wildman–Crippen LogP) is 2.09. The van der Waals surface area contributed by atoms with Gasteiger partial charge < -0.3 is 4.90 Å². The lowest BCUT2D eigenvalue weighted by atomic mass is 10.2. The number of aryl methyl sites for hydroxylation is 1. The van der Waals surface area contributed by atoms with Crippen molar-refractivity contribution in [3.8, 4) is 0 Å². The number of anilines is 1. The van der Waals surface area contributed by atoms with Gasteiger partial charge in [0.1, 0.15) is 0 Å². The third kappa shape index (κ3) is 2.38. The molecule has 1 amide bonds. The summed E-state index contributed by atoms with van der Waals surface area (Å²) in [6.45, 7) is 2.32. The van der Waals surface area contributed by atoms with Crippen LogP contribution < -0.4 is 4.90 Å². The van der Waals surface area contributed by atoms with E-state index in [-0.39, 0.29) is 18.4 Å². The summed E-state index contributed by atoms with van der Waals surface area (Å²) in [4.78, 5) is 27.2. The fourth-order valence-electron chi connectivity index (χ4n) is 2.00. The van der Waals surface area contributed by atoms with Gasteiger partial charge in [0.25, 0.3) is 0 Å². The van der Waals surface area contributed by atoms with Crippen LogP contribution in [0.2, 0.25) is 5.02 Å². The standard InChI is InChI=1S/C12H11ClN2O2/c1-8-4-9(13)2-3-11(8)15-6-10(14-7-16)5-12(15)17/h2-4,10H,5-6H2,1H3. The van der Waals surface area contributed by atoms with Crippen molar-refractivity contribution in [2.24, 2.45) is 4.99 Å². The number of carbonyl (C=O) groups excluding carboxylic acids is 2. The molecule has 0 saturated carbocycles. The maximum atomic E-state index is 11.8. The Labute approximate surface area is 104 Å². The molecule has 0 aromatic heterocycles. The zero-order valence-corrected chi connectivity index (χ0v) is 10.1. The Kier molecular flexibility index (Phi) is 3.27. The van der Waals surface area contributed by atoms with Crippen molar-refractivity contribution in [1.82, 2.24) is 0 Å². The van der Waals surface area contributed by atoms with Gasteiger partial charge in [0.15, 0.2) is 0 Å². The Morgan fingerprint density at radius 1 is 1.53 bits per heavy atom. The fourth-order valence-corrected chi connectivity index (χ4v) is 2.23. The zero-order chi connectivity index (χ0) is 12.4. The highest BCUT2D eigenvalue weighted by molar-refractivity contribution is 6.30. The summed E-state index contributed by atoms with van der Waals surface area (Å²) in [6, 6.07) is 5.08. The Morgan fingerprint density at radius 3 is 2.94 bits per heavy atom. The van der Waals surface area contributed by atoms with Crippen LogP contribution in [0.1, 0.15) is 12.0 Å². The first kappa shape index (κ1) is 11.8. The van der Waals surface area contributed by atoms with Gasteiger partial charge in [-0.15, -0.1) is 0 Å². The van der Waals surface area contributed by atoms with Gasteiger partial charge in [0.2, 0.25) is 12.0 Å². The van der Waals surface area contributed by atoms with Crippen LogP contribution in [-0.4, -0.2) is 24.6 Å². The minimum atomic E-state index is -0.282. The Bertz CT molecular complexity index is 509. The number of isocyanates is 1. The second kappa shape index (κ2) is 4.70. The molecule has 4 nitrogen and oxygen atoms in total. The highest BCUT2D eigenvalue weighted by Crippen LogP contribution is 2.28. The summed E-state index contributed by atoms with van der Waals surface area (Å²) in [7, 11) is 0. The molecule has 1 saturated heterocycles. The van der Waals surface area contributed by atoms with Crippen LogP contribution in [0.3, 0.4) is 0 Å². The van der Waals surface area contributed by atoms with Crippen molar-refractivity contribution < 1.29 is 9.59 Å². The third-order valence-electron chi connectivity index (χ3n) is 2.79. The molecule has 1 heterocycles. The van der Waals surface area contributed by atoms with E-state index in [0.717, 1.165) is 11.3 Å². The molecule has 0 spiro atoms. The minimum absolute atomic E-state index is 0.0283. The van der Waals surface area contributed by atoms with Crippen LogP contribution in [0, 0.1) is 6.92 Å². The molecule has 5 heteroatoms. The van der Waals surface area contributed by atoms with E-state index in [1.165, 1.54) is 6.08 Å². The van der Waals surface area contributed by atoms with Crippen molar-refractivity contribution in [3.05, 3.63) is 28.8 Å². The summed E-state index contributed by atoms with van der Waals surface area (Å²) >= 11 is 5.87. The zero-order valence-electron chi connectivity index (χ0n) is 9.31. The molecule has 0 N–H and O–H groups in total. The van der Waals surface area contributed by atoms with E-state index in [1.807, 2.05) is 13.0 Å². The molecular formula is C12H11ClN2O2. The normalized spacial score (nSPS) is 19.3.